The van der Waals surface area contributed by atoms with Crippen LogP contribution in [0.25, 0.3) is 0 Å². The second-order valence-electron chi connectivity index (χ2n) is 12.1. The Kier molecular flexibility index (Phi) is 7.10. The third-order valence-electron chi connectivity index (χ3n) is 10.1. The maximum atomic E-state index is 12.6. The summed E-state index contributed by atoms with van der Waals surface area (Å²) in [4.78, 5) is 12.6. The molecule has 3 aliphatic carbocycles. The van der Waals surface area contributed by atoms with E-state index in [1.807, 2.05) is 6.08 Å². The van der Waals surface area contributed by atoms with E-state index >= 15 is 0 Å². The summed E-state index contributed by atoms with van der Waals surface area (Å²) in [6.45, 7) is 10.0. The van der Waals surface area contributed by atoms with Crippen molar-refractivity contribution in [1.29, 1.82) is 0 Å². The van der Waals surface area contributed by atoms with Crippen molar-refractivity contribution in [3.05, 3.63) is 11.6 Å². The molecule has 0 bridgehead atoms. The monoisotopic (exact) mass is 447 g/mol. The van der Waals surface area contributed by atoms with Crippen LogP contribution in [-0.4, -0.2) is 47.6 Å². The fraction of sp³-hybridized carbons (Fsp3) is 0.889. The Morgan fingerprint density at radius 2 is 1.94 bits per heavy atom. The summed E-state index contributed by atoms with van der Waals surface area (Å²) in [5.41, 5.74) is 1.00. The number of nitrogens with one attached hydrogen (secondary N) is 1. The van der Waals surface area contributed by atoms with Crippen LogP contribution in [-0.2, 0) is 9.53 Å². The molecule has 4 rings (SSSR count). The number of rotatable bonds is 6. The van der Waals surface area contributed by atoms with Crippen LogP contribution in [0.5, 0.6) is 0 Å². The largest absolute Gasteiger partial charge is 0.458 e. The van der Waals surface area contributed by atoms with Gasteiger partial charge in [0.25, 0.3) is 0 Å². The van der Waals surface area contributed by atoms with Gasteiger partial charge >= 0.3 is 5.97 Å². The SMILES string of the molecule is CC1CC(O)CCC1NC(CC1C(C)CCC2[C@@](C)(CO)CCC[C@]12C)C1=CCOC1=O. The highest BCUT2D eigenvalue weighted by Gasteiger charge is 2.55. The minimum absolute atomic E-state index is 0.00183. The van der Waals surface area contributed by atoms with Crippen LogP contribution in [0.3, 0.4) is 0 Å². The number of fused-ring (bicyclic) bond motifs is 1. The molecular formula is C27H45NO4. The smallest absolute Gasteiger partial charge is 0.335 e. The first-order valence-corrected chi connectivity index (χ1v) is 13.1. The molecule has 4 aliphatic rings. The van der Waals surface area contributed by atoms with Crippen molar-refractivity contribution in [3.63, 3.8) is 0 Å². The van der Waals surface area contributed by atoms with Gasteiger partial charge in [0, 0.05) is 18.7 Å². The van der Waals surface area contributed by atoms with Gasteiger partial charge in [0.15, 0.2) is 0 Å². The number of aliphatic hydroxyl groups is 2. The highest BCUT2D eigenvalue weighted by Crippen LogP contribution is 2.62. The Balaban J connectivity index is 1.59. The van der Waals surface area contributed by atoms with E-state index in [-0.39, 0.29) is 35.6 Å². The molecule has 0 aromatic heterocycles. The average Bonchev–Trinajstić information content (AvgIpc) is 3.17. The molecule has 0 radical (unpaired) electrons. The number of carbonyl (C=O) groups is 1. The zero-order valence-corrected chi connectivity index (χ0v) is 20.6. The molecule has 3 saturated carbocycles. The van der Waals surface area contributed by atoms with Crippen LogP contribution in [0, 0.1) is 34.5 Å². The van der Waals surface area contributed by atoms with Gasteiger partial charge in [-0.3, -0.25) is 0 Å². The zero-order chi connectivity index (χ0) is 23.1. The highest BCUT2D eigenvalue weighted by molar-refractivity contribution is 5.91. The second kappa shape index (κ2) is 9.38. The summed E-state index contributed by atoms with van der Waals surface area (Å²) in [7, 11) is 0. The topological polar surface area (TPSA) is 78.8 Å². The Hall–Kier alpha value is -0.910. The first kappa shape index (κ1) is 24.2. The average molecular weight is 448 g/mol. The molecule has 0 aromatic rings. The third-order valence-corrected chi connectivity index (χ3v) is 10.1. The van der Waals surface area contributed by atoms with Gasteiger partial charge in [-0.05, 0) is 85.5 Å². The minimum atomic E-state index is -0.200. The van der Waals surface area contributed by atoms with Crippen molar-refractivity contribution in [2.24, 2.45) is 34.5 Å². The van der Waals surface area contributed by atoms with E-state index < -0.39 is 0 Å². The summed E-state index contributed by atoms with van der Waals surface area (Å²) >= 11 is 0. The molecule has 32 heavy (non-hydrogen) atoms. The standard InChI is InChI=1S/C27H45NO4/c1-17-6-9-24-26(3,16-29)11-5-12-27(24,4)21(17)15-23(20-10-13-32-25(20)31)28-22-8-7-19(30)14-18(22)2/h10,17-19,21-24,28-30H,5-9,11-16H2,1-4H3/t17?,18?,19?,21?,22?,23?,24?,26-,27-/m1/s1. The predicted octanol–water partition coefficient (Wildman–Crippen LogP) is 4.22. The molecule has 0 spiro atoms. The number of cyclic esters (lactones) is 1. The molecule has 182 valence electrons. The summed E-state index contributed by atoms with van der Waals surface area (Å²) in [5.74, 6) is 1.86. The molecule has 1 aliphatic heterocycles. The zero-order valence-electron chi connectivity index (χ0n) is 20.6. The summed E-state index contributed by atoms with van der Waals surface area (Å²) in [5, 5.41) is 24.3. The van der Waals surface area contributed by atoms with Gasteiger partial charge in [0.05, 0.1) is 11.7 Å². The Bertz CT molecular complexity index is 722. The summed E-state index contributed by atoms with van der Waals surface area (Å²) in [6, 6.07) is 0.312. The van der Waals surface area contributed by atoms with Crippen LogP contribution in [0.4, 0.5) is 0 Å². The van der Waals surface area contributed by atoms with Gasteiger partial charge in [0.2, 0.25) is 0 Å². The van der Waals surface area contributed by atoms with Crippen LogP contribution >= 0.6 is 0 Å². The van der Waals surface area contributed by atoms with Gasteiger partial charge in [0.1, 0.15) is 6.61 Å². The lowest BCUT2D eigenvalue weighted by Gasteiger charge is -2.60. The predicted molar refractivity (Wildman–Crippen MR) is 126 cm³/mol. The van der Waals surface area contributed by atoms with Crippen LogP contribution in [0.2, 0.25) is 0 Å². The number of hydrogen-bond donors (Lipinski definition) is 3. The van der Waals surface area contributed by atoms with Crippen LogP contribution < -0.4 is 5.32 Å². The Morgan fingerprint density at radius 3 is 2.59 bits per heavy atom. The van der Waals surface area contributed by atoms with Gasteiger partial charge in [-0.15, -0.1) is 0 Å². The lowest BCUT2D eigenvalue weighted by atomic mass is 9.45. The quantitative estimate of drug-likeness (QED) is 0.532. The number of aliphatic hydroxyl groups excluding tert-OH is 2. The molecule has 5 heteroatoms. The molecule has 1 heterocycles. The maximum absolute atomic E-state index is 12.6. The molecule has 0 amide bonds. The molecule has 3 fully saturated rings. The van der Waals surface area contributed by atoms with Crippen LogP contribution in [0.1, 0.15) is 85.5 Å². The van der Waals surface area contributed by atoms with Gasteiger partial charge in [-0.2, -0.15) is 0 Å². The third kappa shape index (κ3) is 4.42. The fourth-order valence-electron chi connectivity index (χ4n) is 8.18. The second-order valence-corrected chi connectivity index (χ2v) is 12.1. The highest BCUT2D eigenvalue weighted by atomic mass is 16.5. The van der Waals surface area contributed by atoms with E-state index in [2.05, 4.69) is 33.0 Å². The van der Waals surface area contributed by atoms with Crippen molar-refractivity contribution >= 4 is 5.97 Å². The maximum Gasteiger partial charge on any atom is 0.335 e. The molecule has 5 nitrogen and oxygen atoms in total. The van der Waals surface area contributed by atoms with Crippen molar-refractivity contribution in [3.8, 4) is 0 Å². The van der Waals surface area contributed by atoms with E-state index in [0.717, 1.165) is 37.7 Å². The summed E-state index contributed by atoms with van der Waals surface area (Å²) in [6.07, 6.45) is 11.2. The fourth-order valence-corrected chi connectivity index (χ4v) is 8.18. The Labute approximate surface area is 194 Å². The number of carbonyl (C=O) groups excluding carboxylic acids is 1. The molecule has 7 unspecified atom stereocenters. The van der Waals surface area contributed by atoms with E-state index in [4.69, 9.17) is 4.74 Å². The van der Waals surface area contributed by atoms with E-state index in [9.17, 15) is 15.0 Å². The first-order valence-electron chi connectivity index (χ1n) is 13.1. The molecular weight excluding hydrogens is 402 g/mol. The normalized spacial score (nSPS) is 45.7. The number of hydrogen-bond acceptors (Lipinski definition) is 5. The van der Waals surface area contributed by atoms with Crippen LogP contribution in [0.15, 0.2) is 11.6 Å². The lowest BCUT2D eigenvalue weighted by molar-refractivity contribution is -0.137. The molecule has 9 atom stereocenters. The summed E-state index contributed by atoms with van der Waals surface area (Å²) < 4.78 is 5.33. The van der Waals surface area contributed by atoms with Gasteiger partial charge in [-0.1, -0.05) is 40.5 Å². The van der Waals surface area contributed by atoms with Crippen molar-refractivity contribution in [1.82, 2.24) is 5.32 Å². The van der Waals surface area contributed by atoms with E-state index in [0.29, 0.717) is 36.3 Å². The van der Waals surface area contributed by atoms with Gasteiger partial charge < -0.3 is 20.3 Å². The van der Waals surface area contributed by atoms with Crippen molar-refractivity contribution in [2.75, 3.05) is 13.2 Å². The molecule has 0 aromatic carbocycles. The number of esters is 1. The molecule has 3 N–H and O–H groups in total. The molecule has 0 saturated heterocycles. The van der Waals surface area contributed by atoms with Gasteiger partial charge in [-0.25, -0.2) is 4.79 Å². The number of ether oxygens (including phenoxy) is 1. The van der Waals surface area contributed by atoms with Crippen molar-refractivity contribution < 1.29 is 19.7 Å². The van der Waals surface area contributed by atoms with E-state index in [1.54, 1.807) is 0 Å². The van der Waals surface area contributed by atoms with E-state index in [1.165, 1.54) is 25.7 Å². The minimum Gasteiger partial charge on any atom is -0.458 e. The first-order chi connectivity index (χ1) is 15.2. The van der Waals surface area contributed by atoms with Crippen molar-refractivity contribution in [2.45, 2.75) is 104 Å². The lowest BCUT2D eigenvalue weighted by Crippen LogP contribution is -2.55. The Morgan fingerprint density at radius 1 is 1.16 bits per heavy atom.